The van der Waals surface area contributed by atoms with Crippen LogP contribution in [0.15, 0.2) is 48.7 Å². The molecule has 0 aliphatic rings. The maximum Gasteiger partial charge on any atom is 0.132 e. The van der Waals surface area contributed by atoms with Crippen LogP contribution in [0.4, 0.5) is 8.78 Å². The van der Waals surface area contributed by atoms with E-state index < -0.39 is 0 Å². The lowest BCUT2D eigenvalue weighted by molar-refractivity contribution is 0.307. The SMILES string of the molecule is Fc1ccc(OCc2c[nH]c3cccc(F)c23)cc1. The molecule has 0 bridgehead atoms. The van der Waals surface area contributed by atoms with Crippen LogP contribution in [-0.2, 0) is 6.61 Å². The van der Waals surface area contributed by atoms with Crippen LogP contribution in [0.2, 0.25) is 0 Å². The largest absolute Gasteiger partial charge is 0.489 e. The molecule has 1 aromatic heterocycles. The van der Waals surface area contributed by atoms with Gasteiger partial charge in [-0.1, -0.05) is 6.07 Å². The fourth-order valence-electron chi connectivity index (χ4n) is 2.01. The second-order valence-electron chi connectivity index (χ2n) is 4.22. The van der Waals surface area contributed by atoms with Crippen molar-refractivity contribution in [3.63, 3.8) is 0 Å². The number of H-pyrrole nitrogens is 1. The van der Waals surface area contributed by atoms with Gasteiger partial charge in [-0.15, -0.1) is 0 Å². The molecule has 0 fully saturated rings. The number of halogens is 2. The monoisotopic (exact) mass is 259 g/mol. The Morgan fingerprint density at radius 2 is 1.79 bits per heavy atom. The van der Waals surface area contributed by atoms with Crippen molar-refractivity contribution in [2.75, 3.05) is 0 Å². The molecule has 0 atom stereocenters. The molecule has 0 aliphatic heterocycles. The standard InChI is InChI=1S/C15H11F2NO/c16-11-4-6-12(7-5-11)19-9-10-8-18-14-3-1-2-13(17)15(10)14/h1-8,18H,9H2. The van der Waals surface area contributed by atoms with Crippen molar-refractivity contribution < 1.29 is 13.5 Å². The zero-order valence-electron chi connectivity index (χ0n) is 9.99. The highest BCUT2D eigenvalue weighted by Crippen LogP contribution is 2.23. The Bertz CT molecular complexity index is 704. The molecule has 0 aliphatic carbocycles. The van der Waals surface area contributed by atoms with Crippen LogP contribution in [0.1, 0.15) is 5.56 Å². The fraction of sp³-hybridized carbons (Fsp3) is 0.0667. The van der Waals surface area contributed by atoms with E-state index >= 15 is 0 Å². The van der Waals surface area contributed by atoms with E-state index in [0.717, 1.165) is 11.1 Å². The topological polar surface area (TPSA) is 25.0 Å². The molecule has 2 aromatic carbocycles. The molecule has 0 saturated carbocycles. The van der Waals surface area contributed by atoms with Gasteiger partial charge in [0.05, 0.1) is 0 Å². The van der Waals surface area contributed by atoms with Gasteiger partial charge in [0, 0.05) is 22.7 Å². The van der Waals surface area contributed by atoms with E-state index in [9.17, 15) is 8.78 Å². The van der Waals surface area contributed by atoms with Crippen LogP contribution >= 0.6 is 0 Å². The van der Waals surface area contributed by atoms with E-state index in [1.54, 1.807) is 30.5 Å². The third kappa shape index (κ3) is 2.29. The molecule has 1 heterocycles. The molecule has 0 radical (unpaired) electrons. The first-order valence-corrected chi connectivity index (χ1v) is 5.87. The van der Waals surface area contributed by atoms with Crippen molar-refractivity contribution in [3.8, 4) is 5.75 Å². The quantitative estimate of drug-likeness (QED) is 0.754. The van der Waals surface area contributed by atoms with Crippen molar-refractivity contribution >= 4 is 10.9 Å². The third-order valence-electron chi connectivity index (χ3n) is 2.94. The number of hydrogen-bond acceptors (Lipinski definition) is 1. The number of aromatic amines is 1. The van der Waals surface area contributed by atoms with Crippen molar-refractivity contribution in [2.24, 2.45) is 0 Å². The van der Waals surface area contributed by atoms with Gasteiger partial charge < -0.3 is 9.72 Å². The molecule has 3 rings (SSSR count). The lowest BCUT2D eigenvalue weighted by atomic mass is 10.2. The van der Waals surface area contributed by atoms with Crippen LogP contribution < -0.4 is 4.74 Å². The zero-order valence-corrected chi connectivity index (χ0v) is 9.99. The summed E-state index contributed by atoms with van der Waals surface area (Å²) in [6, 6.07) is 10.6. The minimum Gasteiger partial charge on any atom is -0.489 e. The van der Waals surface area contributed by atoms with Gasteiger partial charge in [-0.05, 0) is 36.4 Å². The highest BCUT2D eigenvalue weighted by Gasteiger charge is 2.08. The maximum absolute atomic E-state index is 13.7. The molecule has 0 amide bonds. The Balaban J connectivity index is 1.84. The lowest BCUT2D eigenvalue weighted by Gasteiger charge is -2.05. The molecule has 0 spiro atoms. The highest BCUT2D eigenvalue weighted by atomic mass is 19.1. The smallest absolute Gasteiger partial charge is 0.132 e. The first-order valence-electron chi connectivity index (χ1n) is 5.87. The normalized spacial score (nSPS) is 10.8. The van der Waals surface area contributed by atoms with Crippen LogP contribution in [0.5, 0.6) is 5.75 Å². The second kappa shape index (κ2) is 4.72. The van der Waals surface area contributed by atoms with Gasteiger partial charge in [-0.25, -0.2) is 8.78 Å². The molecule has 96 valence electrons. The molecule has 1 N–H and O–H groups in total. The molecular formula is C15H11F2NO. The minimum absolute atomic E-state index is 0.229. The summed E-state index contributed by atoms with van der Waals surface area (Å²) in [7, 11) is 0. The first kappa shape index (κ1) is 11.7. The number of hydrogen-bond donors (Lipinski definition) is 1. The molecule has 0 saturated heterocycles. The fourth-order valence-corrected chi connectivity index (χ4v) is 2.01. The van der Waals surface area contributed by atoms with Crippen LogP contribution in [0.3, 0.4) is 0 Å². The number of rotatable bonds is 3. The lowest BCUT2D eigenvalue weighted by Crippen LogP contribution is -1.95. The Labute approximate surface area is 108 Å². The van der Waals surface area contributed by atoms with Gasteiger partial charge >= 0.3 is 0 Å². The van der Waals surface area contributed by atoms with E-state index in [1.807, 2.05) is 0 Å². The maximum atomic E-state index is 13.7. The average Bonchev–Trinajstić information content (AvgIpc) is 2.83. The van der Waals surface area contributed by atoms with Crippen molar-refractivity contribution in [1.82, 2.24) is 4.98 Å². The highest BCUT2D eigenvalue weighted by molar-refractivity contribution is 5.83. The predicted molar refractivity (Wildman–Crippen MR) is 69.0 cm³/mol. The first-order chi connectivity index (χ1) is 9.24. The van der Waals surface area contributed by atoms with Gasteiger partial charge in [0.15, 0.2) is 0 Å². The molecule has 3 aromatic rings. The van der Waals surface area contributed by atoms with Crippen LogP contribution in [0.25, 0.3) is 10.9 Å². The van der Waals surface area contributed by atoms with Crippen LogP contribution in [0, 0.1) is 11.6 Å². The Morgan fingerprint density at radius 1 is 1.00 bits per heavy atom. The summed E-state index contributed by atoms with van der Waals surface area (Å²) in [5, 5.41) is 0.532. The number of ether oxygens (including phenoxy) is 1. The molecule has 2 nitrogen and oxygen atoms in total. The number of nitrogens with one attached hydrogen (secondary N) is 1. The van der Waals surface area contributed by atoms with E-state index in [1.165, 1.54) is 18.2 Å². The predicted octanol–water partition coefficient (Wildman–Crippen LogP) is 4.03. The third-order valence-corrected chi connectivity index (χ3v) is 2.94. The summed E-state index contributed by atoms with van der Waals surface area (Å²) in [6.07, 6.45) is 1.72. The molecular weight excluding hydrogens is 248 g/mol. The van der Waals surface area contributed by atoms with Crippen molar-refractivity contribution in [2.45, 2.75) is 6.61 Å². The van der Waals surface area contributed by atoms with Crippen molar-refractivity contribution in [3.05, 3.63) is 65.9 Å². The second-order valence-corrected chi connectivity index (χ2v) is 4.22. The van der Waals surface area contributed by atoms with Gasteiger partial charge in [0.2, 0.25) is 0 Å². The van der Waals surface area contributed by atoms with Gasteiger partial charge in [-0.3, -0.25) is 0 Å². The van der Waals surface area contributed by atoms with Gasteiger partial charge in [-0.2, -0.15) is 0 Å². The Kier molecular flexibility index (Phi) is 2.91. The van der Waals surface area contributed by atoms with Gasteiger partial charge in [0.25, 0.3) is 0 Å². The van der Waals surface area contributed by atoms with E-state index in [4.69, 9.17) is 4.74 Å². The summed E-state index contributed by atoms with van der Waals surface area (Å²) < 4.78 is 32.0. The van der Waals surface area contributed by atoms with E-state index in [-0.39, 0.29) is 18.2 Å². The summed E-state index contributed by atoms with van der Waals surface area (Å²) in [6.45, 7) is 0.229. The summed E-state index contributed by atoms with van der Waals surface area (Å²) in [4.78, 5) is 2.99. The zero-order chi connectivity index (χ0) is 13.2. The van der Waals surface area contributed by atoms with E-state index in [0.29, 0.717) is 11.1 Å². The van der Waals surface area contributed by atoms with E-state index in [2.05, 4.69) is 4.98 Å². The van der Waals surface area contributed by atoms with Crippen LogP contribution in [-0.4, -0.2) is 4.98 Å². The summed E-state index contributed by atoms with van der Waals surface area (Å²) >= 11 is 0. The number of benzene rings is 2. The van der Waals surface area contributed by atoms with Gasteiger partial charge in [0.1, 0.15) is 24.0 Å². The average molecular weight is 259 g/mol. The summed E-state index contributed by atoms with van der Waals surface area (Å²) in [5.74, 6) is -0.0472. The molecule has 4 heteroatoms. The molecule has 0 unspecified atom stereocenters. The molecule has 19 heavy (non-hydrogen) atoms. The summed E-state index contributed by atoms with van der Waals surface area (Å²) in [5.41, 5.74) is 1.47. The minimum atomic E-state index is -0.314. The Morgan fingerprint density at radius 3 is 2.58 bits per heavy atom. The number of fused-ring (bicyclic) bond motifs is 1. The number of aromatic nitrogens is 1. The van der Waals surface area contributed by atoms with Crippen molar-refractivity contribution in [1.29, 1.82) is 0 Å². The Hall–Kier alpha value is -2.36.